The minimum atomic E-state index is -0.691. The van der Waals surface area contributed by atoms with Crippen LogP contribution in [0.15, 0.2) is 0 Å². The molecule has 0 heterocycles. The van der Waals surface area contributed by atoms with Crippen molar-refractivity contribution in [2.75, 3.05) is 32.9 Å². The fourth-order valence-electron chi connectivity index (χ4n) is 3.69. The Kier molecular flexibility index (Phi) is 22.5. The second-order valence-electron chi connectivity index (χ2n) is 8.64. The molecule has 0 bridgehead atoms. The van der Waals surface area contributed by atoms with E-state index in [-0.39, 0.29) is 32.2 Å². The van der Waals surface area contributed by atoms with Gasteiger partial charge in [-0.25, -0.2) is 0 Å². The summed E-state index contributed by atoms with van der Waals surface area (Å²) in [5.41, 5.74) is 0. The number of hydrogen-bond donors (Lipinski definition) is 2. The quantitative estimate of drug-likeness (QED) is 0.211. The summed E-state index contributed by atoms with van der Waals surface area (Å²) in [7, 11) is 0. The van der Waals surface area contributed by atoms with Crippen LogP contribution in [0.1, 0.15) is 117 Å². The predicted molar refractivity (Wildman–Crippen MR) is 126 cm³/mol. The molecule has 0 aliphatic heterocycles. The molecule has 0 aliphatic rings. The van der Waals surface area contributed by atoms with Gasteiger partial charge in [0, 0.05) is 26.1 Å². The lowest BCUT2D eigenvalue weighted by atomic mass is 10.1. The van der Waals surface area contributed by atoms with Crippen LogP contribution in [-0.2, 0) is 9.53 Å². The molecule has 0 radical (unpaired) electrons. The molecule has 0 saturated carbocycles. The van der Waals surface area contributed by atoms with Crippen molar-refractivity contribution < 1.29 is 19.7 Å². The number of carbonyl (C=O) groups excluding carboxylic acids is 1. The summed E-state index contributed by atoms with van der Waals surface area (Å²) in [5.74, 6) is 0.0275. The SMILES string of the molecule is CCCCCCCCCCOCC(O)CN(CCO)C(=O)CCCCCCCCC. The molecule has 0 aromatic heterocycles. The summed E-state index contributed by atoms with van der Waals surface area (Å²) in [6, 6.07) is 0. The Bertz CT molecular complexity index is 365. The van der Waals surface area contributed by atoms with Crippen molar-refractivity contribution in [2.24, 2.45) is 0 Å². The van der Waals surface area contributed by atoms with Crippen LogP contribution in [0, 0.1) is 0 Å². The Hall–Kier alpha value is -0.650. The highest BCUT2D eigenvalue weighted by molar-refractivity contribution is 5.76. The summed E-state index contributed by atoms with van der Waals surface area (Å²) in [6.45, 7) is 5.82. The van der Waals surface area contributed by atoms with Crippen LogP contribution in [0.5, 0.6) is 0 Å². The lowest BCUT2D eigenvalue weighted by Crippen LogP contribution is -2.40. The largest absolute Gasteiger partial charge is 0.395 e. The number of unbranched alkanes of at least 4 members (excludes halogenated alkanes) is 13. The zero-order valence-electron chi connectivity index (χ0n) is 20.1. The van der Waals surface area contributed by atoms with Crippen molar-refractivity contribution in [1.29, 1.82) is 0 Å². The molecule has 30 heavy (non-hydrogen) atoms. The van der Waals surface area contributed by atoms with Crippen LogP contribution in [0.3, 0.4) is 0 Å². The molecule has 1 amide bonds. The molecule has 0 saturated heterocycles. The van der Waals surface area contributed by atoms with Gasteiger partial charge in [-0.05, 0) is 12.8 Å². The van der Waals surface area contributed by atoms with Crippen molar-refractivity contribution in [3.8, 4) is 0 Å². The Morgan fingerprint density at radius 1 is 0.800 bits per heavy atom. The van der Waals surface area contributed by atoms with Crippen molar-refractivity contribution in [3.63, 3.8) is 0 Å². The molecule has 0 aliphatic carbocycles. The number of nitrogens with zero attached hydrogens (tertiary/aromatic N) is 1. The topological polar surface area (TPSA) is 70.0 Å². The summed E-state index contributed by atoms with van der Waals surface area (Å²) in [5, 5.41) is 19.5. The first-order valence-corrected chi connectivity index (χ1v) is 12.8. The van der Waals surface area contributed by atoms with Crippen molar-refractivity contribution in [2.45, 2.75) is 123 Å². The van der Waals surface area contributed by atoms with Gasteiger partial charge < -0.3 is 19.8 Å². The molecular weight excluding hydrogens is 378 g/mol. The monoisotopic (exact) mass is 429 g/mol. The highest BCUT2D eigenvalue weighted by Gasteiger charge is 2.17. The second-order valence-corrected chi connectivity index (χ2v) is 8.64. The van der Waals surface area contributed by atoms with E-state index in [0.29, 0.717) is 13.0 Å². The number of aliphatic hydroxyl groups is 2. The summed E-state index contributed by atoms with van der Waals surface area (Å²) in [4.78, 5) is 14.0. The molecule has 0 rings (SSSR count). The molecule has 2 N–H and O–H groups in total. The number of rotatable bonds is 23. The fourth-order valence-corrected chi connectivity index (χ4v) is 3.69. The normalized spacial score (nSPS) is 12.3. The number of ether oxygens (including phenoxy) is 1. The fraction of sp³-hybridized carbons (Fsp3) is 0.960. The number of aliphatic hydroxyl groups excluding tert-OH is 2. The maximum atomic E-state index is 12.4. The van der Waals surface area contributed by atoms with E-state index in [4.69, 9.17) is 4.74 Å². The van der Waals surface area contributed by atoms with E-state index < -0.39 is 6.10 Å². The third-order valence-corrected chi connectivity index (χ3v) is 5.60. The second kappa shape index (κ2) is 23.0. The lowest BCUT2D eigenvalue weighted by molar-refractivity contribution is -0.133. The number of amides is 1. The molecular formula is C25H51NO4. The van der Waals surface area contributed by atoms with Crippen LogP contribution in [-0.4, -0.2) is 60.0 Å². The average Bonchev–Trinajstić information content (AvgIpc) is 2.74. The maximum Gasteiger partial charge on any atom is 0.222 e. The first-order valence-electron chi connectivity index (χ1n) is 12.8. The van der Waals surface area contributed by atoms with E-state index in [1.165, 1.54) is 77.0 Å². The first kappa shape index (κ1) is 29.4. The van der Waals surface area contributed by atoms with Gasteiger partial charge in [-0.3, -0.25) is 4.79 Å². The Morgan fingerprint density at radius 3 is 1.83 bits per heavy atom. The predicted octanol–water partition coefficient (Wildman–Crippen LogP) is 5.47. The van der Waals surface area contributed by atoms with Crippen LogP contribution >= 0.6 is 0 Å². The Morgan fingerprint density at radius 2 is 1.30 bits per heavy atom. The molecule has 0 fully saturated rings. The molecule has 5 nitrogen and oxygen atoms in total. The zero-order valence-corrected chi connectivity index (χ0v) is 20.1. The van der Waals surface area contributed by atoms with Gasteiger partial charge >= 0.3 is 0 Å². The van der Waals surface area contributed by atoms with Crippen LogP contribution < -0.4 is 0 Å². The van der Waals surface area contributed by atoms with Crippen LogP contribution in [0.25, 0.3) is 0 Å². The zero-order chi connectivity index (χ0) is 22.3. The molecule has 0 spiro atoms. The maximum absolute atomic E-state index is 12.4. The standard InChI is InChI=1S/C25H51NO4/c1-3-5-7-9-11-13-15-17-21-30-23-24(28)22-26(19-20-27)25(29)18-16-14-12-10-8-6-4-2/h24,27-28H,3-23H2,1-2H3. The van der Waals surface area contributed by atoms with Crippen LogP contribution in [0.2, 0.25) is 0 Å². The van der Waals surface area contributed by atoms with Gasteiger partial charge in [0.15, 0.2) is 0 Å². The Labute approximate surface area is 186 Å². The summed E-state index contributed by atoms with van der Waals surface area (Å²) < 4.78 is 5.59. The van der Waals surface area contributed by atoms with Gasteiger partial charge in [0.2, 0.25) is 5.91 Å². The molecule has 0 aromatic rings. The molecule has 180 valence electrons. The highest BCUT2D eigenvalue weighted by atomic mass is 16.5. The van der Waals surface area contributed by atoms with E-state index in [2.05, 4.69) is 13.8 Å². The molecule has 1 atom stereocenters. The third-order valence-electron chi connectivity index (χ3n) is 5.60. The van der Waals surface area contributed by atoms with Crippen LogP contribution in [0.4, 0.5) is 0 Å². The molecule has 0 aromatic carbocycles. The Balaban J connectivity index is 3.77. The van der Waals surface area contributed by atoms with Crippen molar-refractivity contribution in [1.82, 2.24) is 4.90 Å². The molecule has 5 heteroatoms. The van der Waals surface area contributed by atoms with Gasteiger partial charge in [-0.1, -0.05) is 97.3 Å². The summed E-state index contributed by atoms with van der Waals surface area (Å²) >= 11 is 0. The number of carbonyl (C=O) groups is 1. The van der Waals surface area contributed by atoms with Gasteiger partial charge in [0.1, 0.15) is 0 Å². The minimum Gasteiger partial charge on any atom is -0.395 e. The van der Waals surface area contributed by atoms with Gasteiger partial charge in [-0.15, -0.1) is 0 Å². The van der Waals surface area contributed by atoms with Gasteiger partial charge in [0.05, 0.1) is 19.3 Å². The first-order chi connectivity index (χ1) is 14.7. The number of hydrogen-bond acceptors (Lipinski definition) is 4. The third kappa shape index (κ3) is 19.3. The minimum absolute atomic E-state index is 0.0275. The average molecular weight is 430 g/mol. The van der Waals surface area contributed by atoms with E-state index in [9.17, 15) is 15.0 Å². The lowest BCUT2D eigenvalue weighted by Gasteiger charge is -2.24. The summed E-state index contributed by atoms with van der Waals surface area (Å²) in [6.07, 6.45) is 18.1. The van der Waals surface area contributed by atoms with Gasteiger partial charge in [0.25, 0.3) is 0 Å². The van der Waals surface area contributed by atoms with Gasteiger partial charge in [-0.2, -0.15) is 0 Å². The van der Waals surface area contributed by atoms with Crippen molar-refractivity contribution in [3.05, 3.63) is 0 Å². The highest BCUT2D eigenvalue weighted by Crippen LogP contribution is 2.10. The van der Waals surface area contributed by atoms with E-state index in [1.54, 1.807) is 4.90 Å². The van der Waals surface area contributed by atoms with E-state index in [0.717, 1.165) is 19.3 Å². The smallest absolute Gasteiger partial charge is 0.222 e. The van der Waals surface area contributed by atoms with E-state index in [1.807, 2.05) is 0 Å². The van der Waals surface area contributed by atoms with E-state index >= 15 is 0 Å². The molecule has 1 unspecified atom stereocenters. The van der Waals surface area contributed by atoms with Crippen molar-refractivity contribution >= 4 is 5.91 Å².